The van der Waals surface area contributed by atoms with Crippen molar-refractivity contribution in [3.05, 3.63) is 60.6 Å². The van der Waals surface area contributed by atoms with E-state index in [-0.39, 0.29) is 39.3 Å². The van der Waals surface area contributed by atoms with Gasteiger partial charge in [0.25, 0.3) is 30.4 Å². The second-order valence-electron chi connectivity index (χ2n) is 8.14. The molecule has 0 amide bonds. The van der Waals surface area contributed by atoms with Crippen LogP contribution in [0.2, 0.25) is 0 Å². The van der Waals surface area contributed by atoms with Gasteiger partial charge in [0.1, 0.15) is 22.3 Å². The van der Waals surface area contributed by atoms with E-state index in [2.05, 4.69) is 20.6 Å². The topological polar surface area (TPSA) is 285 Å². The molecule has 42 heavy (non-hydrogen) atoms. The third kappa shape index (κ3) is 8.31. The Morgan fingerprint density at radius 2 is 1.48 bits per heavy atom. The smallest absolute Gasteiger partial charge is 0.313 e. The highest BCUT2D eigenvalue weighted by molar-refractivity contribution is 7.86. The van der Waals surface area contributed by atoms with Crippen molar-refractivity contribution in [3.63, 3.8) is 0 Å². The zero-order valence-corrected chi connectivity index (χ0v) is 23.0. The highest BCUT2D eigenvalue weighted by Crippen LogP contribution is 2.36. The van der Waals surface area contributed by atoms with Gasteiger partial charge < -0.3 is 27.2 Å². The molecule has 226 valence electrons. The van der Waals surface area contributed by atoms with Crippen LogP contribution in [0.15, 0.2) is 58.3 Å². The number of aromatic nitrogens is 2. The third-order valence-corrected chi connectivity index (χ3v) is 7.37. The maximum Gasteiger partial charge on any atom is 0.313 e. The van der Waals surface area contributed by atoms with Crippen LogP contribution in [0.4, 0.5) is 37.3 Å². The minimum Gasteiger partial charge on any atom is -0.507 e. The Morgan fingerprint density at radius 3 is 2.02 bits per heavy atom. The maximum absolute atomic E-state index is 12.9. The van der Waals surface area contributed by atoms with Crippen LogP contribution in [0, 0.1) is 12.0 Å². The summed E-state index contributed by atoms with van der Waals surface area (Å²) in [5.41, 5.74) is 11.3. The number of phenolic OH excluding ortho intramolecular Hbond substituents is 1. The average Bonchev–Trinajstić information content (AvgIpc) is 2.82. The van der Waals surface area contributed by atoms with Crippen molar-refractivity contribution < 1.29 is 52.8 Å². The zero-order valence-electron chi connectivity index (χ0n) is 20.6. The van der Waals surface area contributed by atoms with Gasteiger partial charge in [-0.05, 0) is 36.4 Å². The summed E-state index contributed by atoms with van der Waals surface area (Å²) in [6, 6.07) is 8.94. The standard InChI is InChI=1S/C11H12N2O7S2.C10H8F2N4O3S/c12-11-8-3-6(22(18,19)20)4-10(14)7(8)1-2-9(11)13-5-21(15,16)17;11-8-4-9(16-10(12)15-8)14-5-1-2-7(6(13)3-5)20(17,18)19/h1-4,13-14H,5,12H2,(H,15,16,17)(H,18,19,20);1-4H,13H2,(H,14,15,16)(H,17,18,19). The Hall–Kier alpha value is -4.41. The second kappa shape index (κ2) is 11.8. The molecule has 21 heteroatoms. The summed E-state index contributed by atoms with van der Waals surface area (Å²) in [5, 5.41) is 15.0. The molecule has 1 aromatic heterocycles. The molecule has 0 saturated heterocycles. The fourth-order valence-electron chi connectivity index (χ4n) is 3.35. The molecule has 0 spiro atoms. The summed E-state index contributed by atoms with van der Waals surface area (Å²) in [7, 11) is -13.3. The Kier molecular flexibility index (Phi) is 9.04. The molecule has 0 saturated carbocycles. The molecule has 4 rings (SSSR count). The normalized spacial score (nSPS) is 11.9. The lowest BCUT2D eigenvalue weighted by molar-refractivity contribution is 0.471. The van der Waals surface area contributed by atoms with E-state index in [1.165, 1.54) is 24.3 Å². The number of nitrogen functional groups attached to an aromatic ring is 2. The van der Waals surface area contributed by atoms with Gasteiger partial charge in [-0.2, -0.15) is 44.0 Å². The summed E-state index contributed by atoms with van der Waals surface area (Å²) >= 11 is 0. The van der Waals surface area contributed by atoms with E-state index in [1.54, 1.807) is 0 Å². The van der Waals surface area contributed by atoms with Crippen molar-refractivity contribution >= 4 is 69.7 Å². The molecule has 0 bridgehead atoms. The predicted molar refractivity (Wildman–Crippen MR) is 146 cm³/mol. The second-order valence-corrected chi connectivity index (χ2v) is 12.4. The van der Waals surface area contributed by atoms with Gasteiger partial charge >= 0.3 is 6.08 Å². The van der Waals surface area contributed by atoms with Crippen LogP contribution in [0.3, 0.4) is 0 Å². The molecule has 0 unspecified atom stereocenters. The Balaban J connectivity index is 0.000000231. The van der Waals surface area contributed by atoms with Gasteiger partial charge in [-0.3, -0.25) is 13.7 Å². The van der Waals surface area contributed by atoms with Gasteiger partial charge in [0.15, 0.2) is 0 Å². The molecule has 0 aliphatic carbocycles. The summed E-state index contributed by atoms with van der Waals surface area (Å²) in [6.07, 6.45) is -1.25. The highest BCUT2D eigenvalue weighted by Gasteiger charge is 2.17. The lowest BCUT2D eigenvalue weighted by Gasteiger charge is -2.12. The first-order valence-electron chi connectivity index (χ1n) is 10.8. The lowest BCUT2D eigenvalue weighted by atomic mass is 10.1. The SMILES string of the molecule is Nc1c(NCS(=O)(=O)O)ccc2c(O)cc(S(=O)(=O)O)cc12.Nc1cc(Nc2cc(F)nc(F)n2)ccc1S(=O)(=O)O. The number of hydrogen-bond donors (Lipinski definition) is 8. The number of halogens is 2. The Labute approximate surface area is 236 Å². The van der Waals surface area contributed by atoms with Gasteiger partial charge in [-0.15, -0.1) is 0 Å². The average molecular weight is 651 g/mol. The van der Waals surface area contributed by atoms with Crippen LogP contribution in [-0.2, 0) is 30.4 Å². The monoisotopic (exact) mass is 650 g/mol. The van der Waals surface area contributed by atoms with Crippen LogP contribution < -0.4 is 22.1 Å². The number of nitrogens with zero attached hydrogens (tertiary/aromatic N) is 2. The van der Waals surface area contributed by atoms with Crippen LogP contribution in [0.1, 0.15) is 0 Å². The lowest BCUT2D eigenvalue weighted by Crippen LogP contribution is -2.14. The first-order valence-corrected chi connectivity index (χ1v) is 15.3. The number of nitrogens with two attached hydrogens (primary N) is 2. The number of benzene rings is 3. The summed E-state index contributed by atoms with van der Waals surface area (Å²) in [6.45, 7) is 0. The number of fused-ring (bicyclic) bond motifs is 1. The third-order valence-electron chi connectivity index (χ3n) is 5.10. The summed E-state index contributed by atoms with van der Waals surface area (Å²) in [4.78, 5) is 5.08. The van der Waals surface area contributed by atoms with Crippen molar-refractivity contribution in [2.75, 3.05) is 28.0 Å². The van der Waals surface area contributed by atoms with Crippen molar-refractivity contribution in [2.45, 2.75) is 9.79 Å². The minimum absolute atomic E-state index is 0.0537. The van der Waals surface area contributed by atoms with E-state index < -0.39 is 63.8 Å². The molecule has 0 aliphatic heterocycles. The molecular formula is C21H20F2N6O10S3. The van der Waals surface area contributed by atoms with Crippen molar-refractivity contribution in [1.82, 2.24) is 9.97 Å². The van der Waals surface area contributed by atoms with Crippen molar-refractivity contribution in [1.29, 1.82) is 0 Å². The zero-order chi connectivity index (χ0) is 31.6. The van der Waals surface area contributed by atoms with E-state index in [9.17, 15) is 39.1 Å². The van der Waals surface area contributed by atoms with Gasteiger partial charge in [0.05, 0.1) is 22.0 Å². The van der Waals surface area contributed by atoms with Crippen LogP contribution in [0.5, 0.6) is 5.75 Å². The molecular weight excluding hydrogens is 630 g/mol. The fraction of sp³-hybridized carbons (Fsp3) is 0.0476. The molecule has 3 aromatic carbocycles. The fourth-order valence-corrected chi connectivity index (χ4v) is 4.81. The minimum atomic E-state index is -4.55. The first kappa shape index (κ1) is 32.1. The molecule has 16 nitrogen and oxygen atoms in total. The van der Waals surface area contributed by atoms with Crippen LogP contribution >= 0.6 is 0 Å². The van der Waals surface area contributed by atoms with Gasteiger partial charge in [0, 0.05) is 28.6 Å². The Morgan fingerprint density at radius 1 is 0.810 bits per heavy atom. The summed E-state index contributed by atoms with van der Waals surface area (Å²) in [5.74, 6) is -2.46. The quantitative estimate of drug-likeness (QED) is 0.0614. The molecule has 0 fully saturated rings. The molecule has 1 heterocycles. The predicted octanol–water partition coefficient (Wildman–Crippen LogP) is 1.96. The number of phenols is 1. The number of rotatable bonds is 7. The van der Waals surface area contributed by atoms with Crippen molar-refractivity contribution in [2.24, 2.45) is 0 Å². The first-order chi connectivity index (χ1) is 19.2. The molecule has 0 radical (unpaired) electrons. The van der Waals surface area contributed by atoms with Gasteiger partial charge in [0.2, 0.25) is 5.95 Å². The van der Waals surface area contributed by atoms with E-state index in [0.717, 1.165) is 24.3 Å². The maximum atomic E-state index is 12.9. The van der Waals surface area contributed by atoms with Gasteiger partial charge in [-0.1, -0.05) is 0 Å². The van der Waals surface area contributed by atoms with Crippen LogP contribution in [-0.4, -0.2) is 59.9 Å². The summed E-state index contributed by atoms with van der Waals surface area (Å²) < 4.78 is 118. The van der Waals surface area contributed by atoms with Crippen LogP contribution in [0.25, 0.3) is 10.8 Å². The molecule has 4 aromatic rings. The molecule has 10 N–H and O–H groups in total. The van der Waals surface area contributed by atoms with E-state index in [4.69, 9.17) is 25.1 Å². The van der Waals surface area contributed by atoms with E-state index in [0.29, 0.717) is 0 Å². The highest BCUT2D eigenvalue weighted by atomic mass is 32.2. The molecule has 0 aliphatic rings. The number of nitrogens with one attached hydrogen (secondary N) is 2. The molecule has 0 atom stereocenters. The number of aromatic hydroxyl groups is 1. The van der Waals surface area contributed by atoms with E-state index in [1.807, 2.05) is 0 Å². The largest absolute Gasteiger partial charge is 0.507 e. The van der Waals surface area contributed by atoms with Crippen molar-refractivity contribution in [3.8, 4) is 5.75 Å². The van der Waals surface area contributed by atoms with Gasteiger partial charge in [-0.25, -0.2) is 0 Å². The Bertz CT molecular complexity index is 1990. The van der Waals surface area contributed by atoms with E-state index >= 15 is 0 Å². The number of anilines is 5. The number of hydrogen-bond acceptors (Lipinski definition) is 13.